The van der Waals surface area contributed by atoms with E-state index in [0.717, 1.165) is 30.2 Å². The number of nitrogens with zero attached hydrogens (tertiary/aromatic N) is 1. The Kier molecular flexibility index (Phi) is 7.33. The Morgan fingerprint density at radius 1 is 1.19 bits per heavy atom. The minimum atomic E-state index is -4.37. The third-order valence-electron chi connectivity index (χ3n) is 5.38. The van der Waals surface area contributed by atoms with Crippen LogP contribution >= 0.6 is 11.3 Å². The summed E-state index contributed by atoms with van der Waals surface area (Å²) in [6.45, 7) is 0.946. The number of amides is 3. The molecule has 4 N–H and O–H groups in total. The molecule has 10 nitrogen and oxygen atoms in total. The molecule has 190 valence electrons. The van der Waals surface area contributed by atoms with Crippen LogP contribution in [0.15, 0.2) is 36.4 Å². The van der Waals surface area contributed by atoms with Gasteiger partial charge in [-0.1, -0.05) is 12.1 Å². The molecule has 2 aromatic carbocycles. The quantitative estimate of drug-likeness (QED) is 0.327. The second-order valence-electron chi connectivity index (χ2n) is 8.34. The van der Waals surface area contributed by atoms with Crippen LogP contribution in [0.2, 0.25) is 0 Å². The van der Waals surface area contributed by atoms with Gasteiger partial charge in [0, 0.05) is 30.3 Å². The van der Waals surface area contributed by atoms with Crippen molar-refractivity contribution in [2.24, 2.45) is 0 Å². The van der Waals surface area contributed by atoms with Crippen molar-refractivity contribution in [2.75, 3.05) is 17.8 Å². The number of aliphatic hydroxyl groups excluding tert-OH is 1. The molecule has 1 unspecified atom stereocenters. The zero-order valence-corrected chi connectivity index (χ0v) is 20.7. The summed E-state index contributed by atoms with van der Waals surface area (Å²) in [5, 5.41) is 15.0. The molecular formula is C23H23FN4O6S2. The van der Waals surface area contributed by atoms with Gasteiger partial charge in [0.25, 0.3) is 0 Å². The molecule has 1 saturated carbocycles. The number of fused-ring (bicyclic) bond motifs is 1. The van der Waals surface area contributed by atoms with Crippen molar-refractivity contribution in [3.63, 3.8) is 0 Å². The van der Waals surface area contributed by atoms with E-state index in [0.29, 0.717) is 16.0 Å². The molecule has 3 amide bonds. The second-order valence-corrected chi connectivity index (χ2v) is 11.5. The number of halogens is 1. The SMILES string of the molecule is CC(=O)Nc1ccc(-c2cc3sc(C(C(=O)NCC(=O)NC4CC4)S(=O)(=O)CO)nc3cc2F)cc1. The molecule has 0 aliphatic heterocycles. The predicted octanol–water partition coefficient (Wildman–Crippen LogP) is 1.86. The molecule has 0 bridgehead atoms. The number of hydrogen-bond donors (Lipinski definition) is 4. The highest BCUT2D eigenvalue weighted by Crippen LogP contribution is 2.35. The smallest absolute Gasteiger partial charge is 0.245 e. The Morgan fingerprint density at radius 3 is 2.50 bits per heavy atom. The third kappa shape index (κ3) is 5.86. The van der Waals surface area contributed by atoms with Gasteiger partial charge in [0.1, 0.15) is 16.8 Å². The molecule has 0 radical (unpaired) electrons. The fraction of sp³-hybridized carbons (Fsp3) is 0.304. The molecule has 0 saturated heterocycles. The average molecular weight is 535 g/mol. The van der Waals surface area contributed by atoms with Gasteiger partial charge in [-0.25, -0.2) is 17.8 Å². The Balaban J connectivity index is 1.62. The highest BCUT2D eigenvalue weighted by Gasteiger charge is 2.37. The number of carbonyl (C=O) groups is 3. The summed E-state index contributed by atoms with van der Waals surface area (Å²) in [6.07, 6.45) is 1.70. The van der Waals surface area contributed by atoms with E-state index in [-0.39, 0.29) is 28.0 Å². The zero-order valence-electron chi connectivity index (χ0n) is 19.1. The Morgan fingerprint density at radius 2 is 1.89 bits per heavy atom. The number of aliphatic hydroxyl groups is 1. The fourth-order valence-electron chi connectivity index (χ4n) is 3.51. The lowest BCUT2D eigenvalue weighted by molar-refractivity contribution is -0.126. The van der Waals surface area contributed by atoms with Crippen LogP contribution in [0.1, 0.15) is 30.0 Å². The van der Waals surface area contributed by atoms with E-state index < -0.39 is 45.2 Å². The first-order chi connectivity index (χ1) is 17.1. The number of anilines is 1. The summed E-state index contributed by atoms with van der Waals surface area (Å²) in [5.41, 5.74) is 1.41. The minimum absolute atomic E-state index is 0.0707. The highest BCUT2D eigenvalue weighted by molar-refractivity contribution is 7.92. The van der Waals surface area contributed by atoms with E-state index in [9.17, 15) is 32.3 Å². The minimum Gasteiger partial charge on any atom is -0.380 e. The number of sulfone groups is 1. The first-order valence-electron chi connectivity index (χ1n) is 10.9. The summed E-state index contributed by atoms with van der Waals surface area (Å²) < 4.78 is 40.5. The van der Waals surface area contributed by atoms with Crippen molar-refractivity contribution in [1.82, 2.24) is 15.6 Å². The molecule has 36 heavy (non-hydrogen) atoms. The topological polar surface area (TPSA) is 155 Å². The summed E-state index contributed by atoms with van der Waals surface area (Å²) in [4.78, 5) is 40.0. The normalized spacial score (nSPS) is 14.3. The Bertz CT molecular complexity index is 1430. The van der Waals surface area contributed by atoms with Crippen LogP contribution in [0, 0.1) is 5.82 Å². The van der Waals surface area contributed by atoms with Crippen molar-refractivity contribution in [2.45, 2.75) is 31.1 Å². The van der Waals surface area contributed by atoms with Crippen molar-refractivity contribution >= 4 is 54.8 Å². The van der Waals surface area contributed by atoms with E-state index in [1.54, 1.807) is 24.3 Å². The zero-order chi connectivity index (χ0) is 26.0. The molecule has 1 heterocycles. The molecule has 1 aromatic heterocycles. The van der Waals surface area contributed by atoms with Crippen LogP contribution in [0.5, 0.6) is 0 Å². The van der Waals surface area contributed by atoms with Crippen LogP contribution in [0.25, 0.3) is 21.3 Å². The van der Waals surface area contributed by atoms with Crippen LogP contribution < -0.4 is 16.0 Å². The van der Waals surface area contributed by atoms with Crippen LogP contribution in [-0.2, 0) is 24.2 Å². The molecule has 1 aliphatic carbocycles. The van der Waals surface area contributed by atoms with Crippen molar-refractivity contribution in [3.05, 3.63) is 47.2 Å². The lowest BCUT2D eigenvalue weighted by Gasteiger charge is -2.14. The molecule has 1 fully saturated rings. The van der Waals surface area contributed by atoms with Gasteiger partial charge in [-0.2, -0.15) is 0 Å². The average Bonchev–Trinajstić information content (AvgIpc) is 3.54. The van der Waals surface area contributed by atoms with Crippen LogP contribution in [0.3, 0.4) is 0 Å². The standard InChI is InChI=1S/C23H23FN4O6S2/c1-12(30)26-14-4-2-13(3-5-14)16-8-19-18(9-17(16)24)28-23(35-19)21(36(33,34)11-29)22(32)25-10-20(31)27-15-6-7-15/h2-5,8-9,15,21,29H,6-7,10-11H2,1H3,(H,25,32)(H,26,30)(H,27,31). The predicted molar refractivity (Wildman–Crippen MR) is 132 cm³/mol. The maximum atomic E-state index is 14.9. The highest BCUT2D eigenvalue weighted by atomic mass is 32.2. The number of nitrogens with one attached hydrogen (secondary N) is 3. The van der Waals surface area contributed by atoms with E-state index in [4.69, 9.17) is 0 Å². The van der Waals surface area contributed by atoms with E-state index in [2.05, 4.69) is 20.9 Å². The van der Waals surface area contributed by atoms with Crippen LogP contribution in [-0.4, -0.2) is 54.8 Å². The van der Waals surface area contributed by atoms with Gasteiger partial charge in [0.15, 0.2) is 15.1 Å². The summed E-state index contributed by atoms with van der Waals surface area (Å²) in [7, 11) is -4.37. The maximum absolute atomic E-state index is 14.9. The fourth-order valence-corrected chi connectivity index (χ4v) is 5.98. The molecule has 0 spiro atoms. The number of thiazole rings is 1. The molecule has 4 rings (SSSR count). The van der Waals surface area contributed by atoms with Gasteiger partial charge >= 0.3 is 0 Å². The molecule has 1 aliphatic rings. The van der Waals surface area contributed by atoms with Gasteiger partial charge in [-0.05, 0) is 36.6 Å². The Hall–Kier alpha value is -3.42. The second kappa shape index (κ2) is 10.3. The van der Waals surface area contributed by atoms with E-state index in [1.165, 1.54) is 13.0 Å². The first kappa shape index (κ1) is 25.7. The number of carbonyl (C=O) groups excluding carboxylic acids is 3. The lowest BCUT2D eigenvalue weighted by Crippen LogP contribution is -2.41. The van der Waals surface area contributed by atoms with Gasteiger partial charge < -0.3 is 21.1 Å². The van der Waals surface area contributed by atoms with Crippen molar-refractivity contribution in [3.8, 4) is 11.1 Å². The molecular weight excluding hydrogens is 511 g/mol. The number of aromatic nitrogens is 1. The number of hydrogen-bond acceptors (Lipinski definition) is 8. The van der Waals surface area contributed by atoms with Crippen LogP contribution in [0.4, 0.5) is 10.1 Å². The van der Waals surface area contributed by atoms with Gasteiger partial charge in [-0.15, -0.1) is 11.3 Å². The maximum Gasteiger partial charge on any atom is 0.245 e. The first-order valence-corrected chi connectivity index (χ1v) is 13.5. The number of benzene rings is 2. The third-order valence-corrected chi connectivity index (χ3v) is 8.12. The van der Waals surface area contributed by atoms with Gasteiger partial charge in [0.2, 0.25) is 17.7 Å². The summed E-state index contributed by atoms with van der Waals surface area (Å²) in [5.74, 6) is -3.63. The van der Waals surface area contributed by atoms with Gasteiger partial charge in [-0.3, -0.25) is 14.4 Å². The van der Waals surface area contributed by atoms with E-state index in [1.807, 2.05) is 0 Å². The molecule has 13 heteroatoms. The van der Waals surface area contributed by atoms with Crippen molar-refractivity contribution in [1.29, 1.82) is 0 Å². The Labute approximate surface area is 209 Å². The number of rotatable bonds is 9. The van der Waals surface area contributed by atoms with E-state index >= 15 is 0 Å². The largest absolute Gasteiger partial charge is 0.380 e. The summed E-state index contributed by atoms with van der Waals surface area (Å²) >= 11 is 0.874. The monoisotopic (exact) mass is 534 g/mol. The molecule has 1 atom stereocenters. The molecule has 3 aromatic rings. The lowest BCUT2D eigenvalue weighted by atomic mass is 10.0. The summed E-state index contributed by atoms with van der Waals surface area (Å²) in [6, 6.07) is 9.17. The van der Waals surface area contributed by atoms with Gasteiger partial charge in [0.05, 0.1) is 16.8 Å². The van der Waals surface area contributed by atoms with Crippen molar-refractivity contribution < 1.29 is 32.3 Å².